The fraction of sp³-hybridized carbons (Fsp3) is 0.444. The molecule has 0 radical (unpaired) electrons. The van der Waals surface area contributed by atoms with Crippen LogP contribution in [0.1, 0.15) is 48.0 Å². The van der Waals surface area contributed by atoms with Gasteiger partial charge in [-0.15, -0.1) is 0 Å². The Bertz CT molecular complexity index is 634. The van der Waals surface area contributed by atoms with Crippen molar-refractivity contribution in [1.82, 2.24) is 9.97 Å². The van der Waals surface area contributed by atoms with Crippen LogP contribution >= 0.6 is 0 Å². The maximum Gasteiger partial charge on any atom is 0.135 e. The highest BCUT2D eigenvalue weighted by Crippen LogP contribution is 2.26. The van der Waals surface area contributed by atoms with Gasteiger partial charge in [-0.3, -0.25) is 0 Å². The van der Waals surface area contributed by atoms with Gasteiger partial charge in [-0.1, -0.05) is 36.8 Å². The molecule has 0 amide bonds. The summed E-state index contributed by atoms with van der Waals surface area (Å²) in [5.74, 6) is 2.02. The lowest BCUT2D eigenvalue weighted by Gasteiger charge is -2.12. The van der Waals surface area contributed by atoms with Crippen molar-refractivity contribution in [2.24, 2.45) is 0 Å². The molecule has 1 aromatic carbocycles. The molecule has 0 saturated carbocycles. The molecule has 1 N–H and O–H groups in total. The summed E-state index contributed by atoms with van der Waals surface area (Å²) in [5, 5.41) is 3.48. The predicted molar refractivity (Wildman–Crippen MR) is 86.8 cm³/mol. The minimum Gasteiger partial charge on any atom is -0.370 e. The molecule has 1 aromatic heterocycles. The van der Waals surface area contributed by atoms with Gasteiger partial charge < -0.3 is 5.32 Å². The smallest absolute Gasteiger partial charge is 0.135 e. The molecule has 110 valence electrons. The van der Waals surface area contributed by atoms with Crippen LogP contribution in [0.4, 0.5) is 5.82 Å². The van der Waals surface area contributed by atoms with Gasteiger partial charge in [-0.2, -0.15) is 0 Å². The first-order valence-electron chi connectivity index (χ1n) is 7.94. The Hall–Kier alpha value is -1.90. The number of fused-ring (bicyclic) bond motifs is 1. The summed E-state index contributed by atoms with van der Waals surface area (Å²) < 4.78 is 0. The van der Waals surface area contributed by atoms with Gasteiger partial charge in [0.25, 0.3) is 0 Å². The molecule has 0 unspecified atom stereocenters. The fourth-order valence-electron chi connectivity index (χ4n) is 2.96. The third-order valence-electron chi connectivity index (χ3n) is 3.97. The molecule has 0 aliphatic heterocycles. The van der Waals surface area contributed by atoms with Gasteiger partial charge in [0.2, 0.25) is 0 Å². The summed E-state index contributed by atoms with van der Waals surface area (Å²) in [6.07, 6.45) is 5.35. The molecule has 0 bridgehead atoms. The molecule has 3 rings (SSSR count). The van der Waals surface area contributed by atoms with E-state index in [1.165, 1.54) is 28.8 Å². The Morgan fingerprint density at radius 3 is 2.90 bits per heavy atom. The van der Waals surface area contributed by atoms with Crippen molar-refractivity contribution in [3.05, 3.63) is 52.5 Å². The van der Waals surface area contributed by atoms with Crippen molar-refractivity contribution in [2.45, 2.75) is 46.0 Å². The largest absolute Gasteiger partial charge is 0.370 e. The molecule has 1 heterocycles. The van der Waals surface area contributed by atoms with Crippen LogP contribution in [0.25, 0.3) is 0 Å². The lowest BCUT2D eigenvalue weighted by molar-refractivity contribution is 0.884. The molecule has 3 nitrogen and oxygen atoms in total. The number of anilines is 1. The molecule has 1 aliphatic rings. The second kappa shape index (κ2) is 6.25. The number of aromatic nitrogens is 2. The van der Waals surface area contributed by atoms with Crippen LogP contribution in [0, 0.1) is 6.92 Å². The van der Waals surface area contributed by atoms with E-state index in [1.807, 2.05) is 0 Å². The van der Waals surface area contributed by atoms with Crippen molar-refractivity contribution in [2.75, 3.05) is 11.9 Å². The number of nitrogens with zero attached hydrogens (tertiary/aromatic N) is 2. The summed E-state index contributed by atoms with van der Waals surface area (Å²) >= 11 is 0. The lowest BCUT2D eigenvalue weighted by Crippen LogP contribution is -2.10. The topological polar surface area (TPSA) is 37.8 Å². The van der Waals surface area contributed by atoms with E-state index in [0.717, 1.165) is 43.9 Å². The summed E-state index contributed by atoms with van der Waals surface area (Å²) in [6, 6.07) is 8.61. The van der Waals surface area contributed by atoms with Gasteiger partial charge in [0.05, 0.1) is 0 Å². The van der Waals surface area contributed by atoms with Gasteiger partial charge in [-0.25, -0.2) is 9.97 Å². The summed E-state index contributed by atoms with van der Waals surface area (Å²) in [5.41, 5.74) is 5.18. The molecule has 0 fully saturated rings. The van der Waals surface area contributed by atoms with Crippen LogP contribution in [0.3, 0.4) is 0 Å². The molecule has 1 aliphatic carbocycles. The number of aryl methyl sites for hydroxylation is 2. The van der Waals surface area contributed by atoms with E-state index in [1.54, 1.807) is 0 Å². The third-order valence-corrected chi connectivity index (χ3v) is 3.97. The second-order valence-corrected chi connectivity index (χ2v) is 5.86. The van der Waals surface area contributed by atoms with Gasteiger partial charge in [0.1, 0.15) is 11.6 Å². The third kappa shape index (κ3) is 3.23. The molecule has 3 heteroatoms. The van der Waals surface area contributed by atoms with E-state index in [0.29, 0.717) is 0 Å². The average Bonchev–Trinajstić information content (AvgIpc) is 2.93. The van der Waals surface area contributed by atoms with E-state index < -0.39 is 0 Å². The number of hydrogen-bond donors (Lipinski definition) is 1. The highest BCUT2D eigenvalue weighted by Gasteiger charge is 2.19. The van der Waals surface area contributed by atoms with Crippen molar-refractivity contribution >= 4 is 5.82 Å². The van der Waals surface area contributed by atoms with Crippen molar-refractivity contribution < 1.29 is 0 Å². The van der Waals surface area contributed by atoms with Gasteiger partial charge in [-0.05, 0) is 38.2 Å². The van der Waals surface area contributed by atoms with Crippen LogP contribution in [-0.4, -0.2) is 16.5 Å². The zero-order valence-electron chi connectivity index (χ0n) is 12.9. The predicted octanol–water partition coefficient (Wildman–Crippen LogP) is 3.69. The van der Waals surface area contributed by atoms with Crippen LogP contribution in [0.2, 0.25) is 0 Å². The van der Waals surface area contributed by atoms with Crippen LogP contribution in [0.5, 0.6) is 0 Å². The highest BCUT2D eigenvalue weighted by atomic mass is 15.0. The molecule has 21 heavy (non-hydrogen) atoms. The first-order chi connectivity index (χ1) is 10.3. The zero-order chi connectivity index (χ0) is 14.7. The molecular formula is C18H23N3. The first-order valence-corrected chi connectivity index (χ1v) is 7.94. The number of nitrogens with one attached hydrogen (secondary N) is 1. The normalized spacial score (nSPS) is 13.2. The number of rotatable bonds is 5. The Kier molecular flexibility index (Phi) is 4.18. The summed E-state index contributed by atoms with van der Waals surface area (Å²) in [7, 11) is 0. The zero-order valence-corrected chi connectivity index (χ0v) is 12.9. The Morgan fingerprint density at radius 2 is 2.10 bits per heavy atom. The Balaban J connectivity index is 1.88. The maximum atomic E-state index is 4.80. The average molecular weight is 281 g/mol. The van der Waals surface area contributed by atoms with Crippen LogP contribution in [-0.2, 0) is 19.3 Å². The van der Waals surface area contributed by atoms with E-state index in [9.17, 15) is 0 Å². The van der Waals surface area contributed by atoms with Gasteiger partial charge in [0, 0.05) is 24.2 Å². The quantitative estimate of drug-likeness (QED) is 0.908. The van der Waals surface area contributed by atoms with Crippen LogP contribution < -0.4 is 5.32 Å². The van der Waals surface area contributed by atoms with Gasteiger partial charge in [0.15, 0.2) is 0 Å². The Morgan fingerprint density at radius 1 is 1.19 bits per heavy atom. The van der Waals surface area contributed by atoms with Crippen molar-refractivity contribution in [3.63, 3.8) is 0 Å². The summed E-state index contributed by atoms with van der Waals surface area (Å²) in [4.78, 5) is 9.58. The standard InChI is InChI=1S/C18H23N3/c1-3-10-19-18-15-8-5-9-16(15)20-17(21-18)12-14-7-4-6-13(2)11-14/h4,6-7,11H,3,5,8-10,12H2,1-2H3,(H,19,20,21). The van der Waals surface area contributed by atoms with Crippen molar-refractivity contribution in [3.8, 4) is 0 Å². The monoisotopic (exact) mass is 281 g/mol. The SMILES string of the molecule is CCCNc1nc(Cc2cccc(C)c2)nc2c1CCC2. The summed E-state index contributed by atoms with van der Waals surface area (Å²) in [6.45, 7) is 5.29. The van der Waals surface area contributed by atoms with E-state index in [-0.39, 0.29) is 0 Å². The minimum atomic E-state index is 0.815. The Labute approximate surface area is 126 Å². The van der Waals surface area contributed by atoms with Crippen molar-refractivity contribution in [1.29, 1.82) is 0 Å². The molecule has 0 saturated heterocycles. The molecule has 2 aromatic rings. The molecule has 0 atom stereocenters. The first kappa shape index (κ1) is 14.1. The number of hydrogen-bond acceptors (Lipinski definition) is 3. The van der Waals surface area contributed by atoms with Crippen LogP contribution in [0.15, 0.2) is 24.3 Å². The molecule has 0 spiro atoms. The number of benzene rings is 1. The van der Waals surface area contributed by atoms with Gasteiger partial charge >= 0.3 is 0 Å². The van der Waals surface area contributed by atoms with E-state index in [4.69, 9.17) is 9.97 Å². The fourth-order valence-corrected chi connectivity index (χ4v) is 2.96. The second-order valence-electron chi connectivity index (χ2n) is 5.86. The highest BCUT2D eigenvalue weighted by molar-refractivity contribution is 5.49. The molecular weight excluding hydrogens is 258 g/mol. The maximum absolute atomic E-state index is 4.80. The van der Waals surface area contributed by atoms with E-state index in [2.05, 4.69) is 43.4 Å². The lowest BCUT2D eigenvalue weighted by atomic mass is 10.1. The van der Waals surface area contributed by atoms with E-state index >= 15 is 0 Å². The minimum absolute atomic E-state index is 0.815.